The molecule has 0 spiro atoms. The largest absolute Gasteiger partial charge is 0.143 e. The second-order valence-electron chi connectivity index (χ2n) is 4.16. The Bertz CT molecular complexity index is 665. The van der Waals surface area contributed by atoms with E-state index in [2.05, 4.69) is 70.7 Å². The molecule has 0 unspecified atom stereocenters. The molecule has 84 valence electrons. The van der Waals surface area contributed by atoms with Gasteiger partial charge in [-0.25, -0.2) is 0 Å². The molecule has 3 aromatic rings. The van der Waals surface area contributed by atoms with Gasteiger partial charge in [-0.05, 0) is 41.6 Å². The van der Waals surface area contributed by atoms with Crippen LogP contribution in [-0.4, -0.2) is 0 Å². The van der Waals surface area contributed by atoms with Crippen LogP contribution in [0.15, 0.2) is 52.3 Å². The van der Waals surface area contributed by atoms with Crippen LogP contribution in [0, 0.1) is 6.92 Å². The highest BCUT2D eigenvalue weighted by atomic mass is 79.9. The van der Waals surface area contributed by atoms with E-state index in [1.807, 2.05) is 11.3 Å². The summed E-state index contributed by atoms with van der Waals surface area (Å²) in [5.74, 6) is 0. The highest BCUT2D eigenvalue weighted by molar-refractivity contribution is 9.10. The Hall–Kier alpha value is -1.12. The molecule has 1 aromatic heterocycles. The molecule has 2 aromatic carbocycles. The zero-order chi connectivity index (χ0) is 11.8. The minimum absolute atomic E-state index is 1.12. The number of halogens is 1. The first kappa shape index (κ1) is 11.0. The van der Waals surface area contributed by atoms with Gasteiger partial charge < -0.3 is 0 Å². The second kappa shape index (κ2) is 4.28. The Morgan fingerprint density at radius 1 is 1.00 bits per heavy atom. The van der Waals surface area contributed by atoms with Crippen LogP contribution in [0.1, 0.15) is 5.56 Å². The van der Waals surface area contributed by atoms with Crippen molar-refractivity contribution in [1.29, 1.82) is 0 Å². The van der Waals surface area contributed by atoms with Gasteiger partial charge in [-0.2, -0.15) is 0 Å². The maximum absolute atomic E-state index is 3.47. The molecule has 0 saturated heterocycles. The van der Waals surface area contributed by atoms with E-state index in [0.717, 1.165) is 4.47 Å². The van der Waals surface area contributed by atoms with E-state index in [0.29, 0.717) is 0 Å². The summed E-state index contributed by atoms with van der Waals surface area (Å²) in [6, 6.07) is 15.1. The number of benzene rings is 2. The smallest absolute Gasteiger partial charge is 0.0351 e. The van der Waals surface area contributed by atoms with Gasteiger partial charge in [0.05, 0.1) is 0 Å². The number of hydrogen-bond donors (Lipinski definition) is 0. The minimum atomic E-state index is 1.12. The van der Waals surface area contributed by atoms with Gasteiger partial charge in [0.2, 0.25) is 0 Å². The number of aryl methyl sites for hydroxylation is 1. The maximum atomic E-state index is 3.47. The lowest BCUT2D eigenvalue weighted by molar-refractivity contribution is 1.52. The molecule has 3 rings (SSSR count). The molecule has 0 saturated carbocycles. The van der Waals surface area contributed by atoms with Gasteiger partial charge in [0.25, 0.3) is 0 Å². The Balaban J connectivity index is 2.21. The first-order chi connectivity index (χ1) is 8.24. The highest BCUT2D eigenvalue weighted by Crippen LogP contribution is 2.34. The Labute approximate surface area is 113 Å². The van der Waals surface area contributed by atoms with Gasteiger partial charge >= 0.3 is 0 Å². The van der Waals surface area contributed by atoms with E-state index >= 15 is 0 Å². The lowest BCUT2D eigenvalue weighted by Crippen LogP contribution is -1.76. The fraction of sp³-hybridized carbons (Fsp3) is 0.0667. The van der Waals surface area contributed by atoms with Crippen LogP contribution in [0.2, 0.25) is 0 Å². The first-order valence-corrected chi connectivity index (χ1v) is 7.15. The predicted octanol–water partition coefficient (Wildman–Crippen LogP) is 5.64. The lowest BCUT2D eigenvalue weighted by atomic mass is 10.0. The van der Waals surface area contributed by atoms with E-state index in [1.165, 1.54) is 26.8 Å². The average molecular weight is 303 g/mol. The summed E-state index contributed by atoms with van der Waals surface area (Å²) in [7, 11) is 0. The lowest BCUT2D eigenvalue weighted by Gasteiger charge is -2.00. The van der Waals surface area contributed by atoms with Gasteiger partial charge in [-0.3, -0.25) is 0 Å². The fourth-order valence-corrected chi connectivity index (χ4v) is 3.32. The van der Waals surface area contributed by atoms with Crippen LogP contribution >= 0.6 is 27.3 Å². The average Bonchev–Trinajstić information content (AvgIpc) is 2.73. The molecule has 0 bridgehead atoms. The summed E-state index contributed by atoms with van der Waals surface area (Å²) in [6.45, 7) is 2.14. The molecule has 0 atom stereocenters. The third-order valence-electron chi connectivity index (χ3n) is 2.89. The highest BCUT2D eigenvalue weighted by Gasteiger charge is 2.06. The number of fused-ring (bicyclic) bond motifs is 1. The second-order valence-corrected chi connectivity index (χ2v) is 5.98. The molecular formula is C15H11BrS. The number of hydrogen-bond acceptors (Lipinski definition) is 1. The molecule has 1 heterocycles. The summed E-state index contributed by atoms with van der Waals surface area (Å²) in [6.07, 6.45) is 0. The predicted molar refractivity (Wildman–Crippen MR) is 79.7 cm³/mol. The summed E-state index contributed by atoms with van der Waals surface area (Å²) in [5, 5.41) is 3.59. The zero-order valence-electron chi connectivity index (χ0n) is 9.41. The normalized spacial score (nSPS) is 10.9. The van der Waals surface area contributed by atoms with E-state index in [1.54, 1.807) is 0 Å². The van der Waals surface area contributed by atoms with Crippen molar-refractivity contribution in [2.75, 3.05) is 0 Å². The summed E-state index contributed by atoms with van der Waals surface area (Å²) in [5.41, 5.74) is 3.93. The molecule has 17 heavy (non-hydrogen) atoms. The summed E-state index contributed by atoms with van der Waals surface area (Å²) in [4.78, 5) is 0. The van der Waals surface area contributed by atoms with Gasteiger partial charge in [-0.15, -0.1) is 11.3 Å². The van der Waals surface area contributed by atoms with E-state index in [4.69, 9.17) is 0 Å². The Kier molecular flexibility index (Phi) is 2.77. The van der Waals surface area contributed by atoms with Crippen LogP contribution in [0.25, 0.3) is 21.2 Å². The van der Waals surface area contributed by atoms with Crippen molar-refractivity contribution in [1.82, 2.24) is 0 Å². The van der Waals surface area contributed by atoms with Crippen molar-refractivity contribution >= 4 is 37.4 Å². The van der Waals surface area contributed by atoms with Crippen molar-refractivity contribution in [3.8, 4) is 11.1 Å². The molecular weight excluding hydrogens is 292 g/mol. The van der Waals surface area contributed by atoms with Crippen molar-refractivity contribution in [2.45, 2.75) is 6.92 Å². The minimum Gasteiger partial charge on any atom is -0.143 e. The summed E-state index contributed by atoms with van der Waals surface area (Å²) < 4.78 is 2.49. The SMILES string of the molecule is Cc1ccc2c(-c3ccc(Br)cc3)csc2c1. The van der Waals surface area contributed by atoms with Gasteiger partial charge in [0.15, 0.2) is 0 Å². The molecule has 0 amide bonds. The van der Waals surface area contributed by atoms with Crippen LogP contribution in [0.3, 0.4) is 0 Å². The van der Waals surface area contributed by atoms with Crippen molar-refractivity contribution in [2.24, 2.45) is 0 Å². The van der Waals surface area contributed by atoms with Crippen molar-refractivity contribution < 1.29 is 0 Å². The molecule has 0 radical (unpaired) electrons. The zero-order valence-corrected chi connectivity index (χ0v) is 11.8. The molecule has 0 aliphatic rings. The fourth-order valence-electron chi connectivity index (χ4n) is 1.99. The standard InChI is InChI=1S/C15H11BrS/c1-10-2-7-13-14(9-17-15(13)8-10)11-3-5-12(16)6-4-11/h2-9H,1H3. The molecule has 0 fully saturated rings. The van der Waals surface area contributed by atoms with Crippen LogP contribution in [0.4, 0.5) is 0 Å². The molecule has 0 N–H and O–H groups in total. The molecule has 0 nitrogen and oxygen atoms in total. The molecule has 0 aliphatic carbocycles. The monoisotopic (exact) mass is 302 g/mol. The van der Waals surface area contributed by atoms with E-state index < -0.39 is 0 Å². The maximum Gasteiger partial charge on any atom is 0.0351 e. The van der Waals surface area contributed by atoms with Crippen LogP contribution in [-0.2, 0) is 0 Å². The summed E-state index contributed by atoms with van der Waals surface area (Å²) >= 11 is 5.29. The molecule has 2 heteroatoms. The van der Waals surface area contributed by atoms with Crippen LogP contribution in [0.5, 0.6) is 0 Å². The Morgan fingerprint density at radius 2 is 1.76 bits per heavy atom. The van der Waals surface area contributed by atoms with Crippen LogP contribution < -0.4 is 0 Å². The third-order valence-corrected chi connectivity index (χ3v) is 4.36. The van der Waals surface area contributed by atoms with E-state index in [9.17, 15) is 0 Å². The topological polar surface area (TPSA) is 0 Å². The number of thiophene rings is 1. The molecule has 0 aliphatic heterocycles. The Morgan fingerprint density at radius 3 is 2.53 bits per heavy atom. The number of rotatable bonds is 1. The first-order valence-electron chi connectivity index (χ1n) is 5.48. The van der Waals surface area contributed by atoms with Crippen molar-refractivity contribution in [3.63, 3.8) is 0 Å². The van der Waals surface area contributed by atoms with Gasteiger partial charge in [-0.1, -0.05) is 40.2 Å². The third kappa shape index (κ3) is 2.03. The van der Waals surface area contributed by atoms with Gasteiger partial charge in [0, 0.05) is 20.1 Å². The van der Waals surface area contributed by atoms with Gasteiger partial charge in [0.1, 0.15) is 0 Å². The quantitative estimate of drug-likeness (QED) is 0.546. The van der Waals surface area contributed by atoms with Crippen molar-refractivity contribution in [3.05, 3.63) is 57.9 Å². The van der Waals surface area contributed by atoms with E-state index in [-0.39, 0.29) is 0 Å².